The average Bonchev–Trinajstić information content (AvgIpc) is 2.91. The molecule has 1 heterocycles. The van der Waals surface area contributed by atoms with Crippen LogP contribution in [0.3, 0.4) is 0 Å². The van der Waals surface area contributed by atoms with Crippen molar-refractivity contribution < 1.29 is 14.3 Å². The van der Waals surface area contributed by atoms with Crippen molar-refractivity contribution in [2.75, 3.05) is 13.2 Å². The Morgan fingerprint density at radius 2 is 1.68 bits per heavy atom. The van der Waals surface area contributed by atoms with Gasteiger partial charge in [0.15, 0.2) is 11.5 Å². The van der Waals surface area contributed by atoms with E-state index in [-0.39, 0.29) is 24.0 Å². The Kier molecular flexibility index (Phi) is 6.45. The molecular formula is C23H30N2O3. The van der Waals surface area contributed by atoms with Crippen LogP contribution < -0.4 is 20.1 Å². The maximum atomic E-state index is 12.7. The highest BCUT2D eigenvalue weighted by molar-refractivity contribution is 5.75. The fourth-order valence-corrected chi connectivity index (χ4v) is 3.54. The molecule has 5 nitrogen and oxygen atoms in total. The van der Waals surface area contributed by atoms with Gasteiger partial charge in [0.25, 0.3) is 0 Å². The SMILES string of the molecule is Cc1ccccc1[C@H](C)NC(=O)N[C@@H](c1ccc2c(c1)OCCCO2)C(C)C. The van der Waals surface area contributed by atoms with Crippen LogP contribution in [-0.2, 0) is 0 Å². The monoisotopic (exact) mass is 382 g/mol. The second kappa shape index (κ2) is 9.00. The van der Waals surface area contributed by atoms with Crippen molar-refractivity contribution >= 4 is 6.03 Å². The molecule has 2 atom stereocenters. The van der Waals surface area contributed by atoms with Gasteiger partial charge in [-0.25, -0.2) is 4.79 Å². The van der Waals surface area contributed by atoms with E-state index >= 15 is 0 Å². The number of urea groups is 1. The fourth-order valence-electron chi connectivity index (χ4n) is 3.54. The molecule has 2 aromatic rings. The van der Waals surface area contributed by atoms with E-state index in [1.54, 1.807) is 0 Å². The molecule has 1 aliphatic rings. The van der Waals surface area contributed by atoms with Crippen LogP contribution in [0.4, 0.5) is 4.79 Å². The predicted octanol–water partition coefficient (Wildman–Crippen LogP) is 4.91. The zero-order chi connectivity index (χ0) is 20.1. The smallest absolute Gasteiger partial charge is 0.315 e. The molecule has 0 aromatic heterocycles. The zero-order valence-electron chi connectivity index (χ0n) is 17.1. The van der Waals surface area contributed by atoms with E-state index < -0.39 is 0 Å². The number of ether oxygens (including phenoxy) is 2. The highest BCUT2D eigenvalue weighted by Crippen LogP contribution is 2.34. The van der Waals surface area contributed by atoms with E-state index in [2.05, 4.69) is 37.5 Å². The molecule has 0 fully saturated rings. The van der Waals surface area contributed by atoms with Gasteiger partial charge in [0.2, 0.25) is 0 Å². The molecule has 0 bridgehead atoms. The first-order valence-electron chi connectivity index (χ1n) is 9.98. The lowest BCUT2D eigenvalue weighted by Crippen LogP contribution is -2.41. The van der Waals surface area contributed by atoms with Gasteiger partial charge in [-0.15, -0.1) is 0 Å². The number of benzene rings is 2. The minimum Gasteiger partial charge on any atom is -0.490 e. The van der Waals surface area contributed by atoms with Crippen molar-refractivity contribution in [3.63, 3.8) is 0 Å². The normalized spacial score (nSPS) is 15.5. The Labute approximate surface area is 167 Å². The summed E-state index contributed by atoms with van der Waals surface area (Å²) in [6, 6.07) is 13.6. The van der Waals surface area contributed by atoms with E-state index in [1.165, 1.54) is 5.56 Å². The number of hydrogen-bond donors (Lipinski definition) is 2. The molecule has 0 saturated carbocycles. The molecule has 0 unspecified atom stereocenters. The van der Waals surface area contributed by atoms with E-state index in [0.717, 1.165) is 29.0 Å². The molecule has 0 saturated heterocycles. The second-order valence-electron chi connectivity index (χ2n) is 7.67. The minimum absolute atomic E-state index is 0.0715. The lowest BCUT2D eigenvalue weighted by atomic mass is 9.95. The highest BCUT2D eigenvalue weighted by atomic mass is 16.5. The summed E-state index contributed by atoms with van der Waals surface area (Å²) < 4.78 is 11.5. The van der Waals surface area contributed by atoms with Crippen molar-refractivity contribution in [3.8, 4) is 11.5 Å². The number of nitrogens with one attached hydrogen (secondary N) is 2. The van der Waals surface area contributed by atoms with Gasteiger partial charge in [0, 0.05) is 6.42 Å². The van der Waals surface area contributed by atoms with Crippen LogP contribution >= 0.6 is 0 Å². The van der Waals surface area contributed by atoms with Crippen molar-refractivity contribution in [3.05, 3.63) is 59.2 Å². The molecule has 0 radical (unpaired) electrons. The van der Waals surface area contributed by atoms with Crippen molar-refractivity contribution in [2.24, 2.45) is 5.92 Å². The summed E-state index contributed by atoms with van der Waals surface area (Å²) in [5.41, 5.74) is 3.30. The predicted molar refractivity (Wildman–Crippen MR) is 111 cm³/mol. The lowest BCUT2D eigenvalue weighted by molar-refractivity contribution is 0.230. The molecule has 2 amide bonds. The standard InChI is InChI=1S/C23H30N2O3/c1-15(2)22(18-10-11-20-21(14-18)28-13-7-12-27-20)25-23(26)24-17(4)19-9-6-5-8-16(19)3/h5-6,8-11,14-15,17,22H,7,12-13H2,1-4H3,(H2,24,25,26)/t17-,22+/m0/s1. The third-order valence-electron chi connectivity index (χ3n) is 5.09. The molecular weight excluding hydrogens is 352 g/mol. The van der Waals surface area contributed by atoms with E-state index in [4.69, 9.17) is 9.47 Å². The Hall–Kier alpha value is -2.69. The highest BCUT2D eigenvalue weighted by Gasteiger charge is 2.22. The number of aryl methyl sites for hydroxylation is 1. The summed E-state index contributed by atoms with van der Waals surface area (Å²) in [6.45, 7) is 9.56. The fraction of sp³-hybridized carbons (Fsp3) is 0.435. The topological polar surface area (TPSA) is 59.6 Å². The summed E-state index contributed by atoms with van der Waals surface area (Å²) in [7, 11) is 0. The van der Waals surface area contributed by atoms with Gasteiger partial charge < -0.3 is 20.1 Å². The molecule has 150 valence electrons. The Bertz CT molecular complexity index is 819. The van der Waals surface area contributed by atoms with E-state index in [0.29, 0.717) is 13.2 Å². The summed E-state index contributed by atoms with van der Waals surface area (Å²) in [4.78, 5) is 12.7. The molecule has 3 rings (SSSR count). The van der Waals surface area contributed by atoms with Crippen LogP contribution in [0.1, 0.15) is 56.0 Å². The molecule has 2 aromatic carbocycles. The van der Waals surface area contributed by atoms with Crippen molar-refractivity contribution in [1.29, 1.82) is 0 Å². The average molecular weight is 383 g/mol. The maximum Gasteiger partial charge on any atom is 0.315 e. The molecule has 28 heavy (non-hydrogen) atoms. The Morgan fingerprint density at radius 3 is 2.39 bits per heavy atom. The number of hydrogen-bond acceptors (Lipinski definition) is 3. The largest absolute Gasteiger partial charge is 0.490 e. The van der Waals surface area contributed by atoms with Crippen LogP contribution in [0.5, 0.6) is 11.5 Å². The molecule has 1 aliphatic heterocycles. The van der Waals surface area contributed by atoms with Crippen molar-refractivity contribution in [1.82, 2.24) is 10.6 Å². The lowest BCUT2D eigenvalue weighted by Gasteiger charge is -2.25. The first-order valence-corrected chi connectivity index (χ1v) is 9.98. The van der Waals surface area contributed by atoms with Crippen LogP contribution in [0.2, 0.25) is 0 Å². The number of amides is 2. The Balaban J connectivity index is 1.72. The van der Waals surface area contributed by atoms with Crippen LogP contribution in [0, 0.1) is 12.8 Å². The second-order valence-corrected chi connectivity index (χ2v) is 7.67. The van der Waals surface area contributed by atoms with E-state index in [1.807, 2.05) is 43.3 Å². The summed E-state index contributed by atoms with van der Waals surface area (Å²) in [6.07, 6.45) is 0.870. The third kappa shape index (κ3) is 4.77. The van der Waals surface area contributed by atoms with Crippen molar-refractivity contribution in [2.45, 2.75) is 46.2 Å². The van der Waals surface area contributed by atoms with Gasteiger partial charge in [-0.2, -0.15) is 0 Å². The summed E-state index contributed by atoms with van der Waals surface area (Å²) in [5, 5.41) is 6.19. The molecule has 5 heteroatoms. The van der Waals surface area contributed by atoms with Gasteiger partial charge in [-0.1, -0.05) is 44.2 Å². The first kappa shape index (κ1) is 20.1. The number of rotatable bonds is 5. The van der Waals surface area contributed by atoms with Crippen LogP contribution in [-0.4, -0.2) is 19.2 Å². The summed E-state index contributed by atoms with van der Waals surface area (Å²) >= 11 is 0. The zero-order valence-corrected chi connectivity index (χ0v) is 17.1. The van der Waals surface area contributed by atoms with Crippen LogP contribution in [0.25, 0.3) is 0 Å². The third-order valence-corrected chi connectivity index (χ3v) is 5.09. The number of fused-ring (bicyclic) bond motifs is 1. The van der Waals surface area contributed by atoms with E-state index in [9.17, 15) is 4.79 Å². The van der Waals surface area contributed by atoms with Crippen LogP contribution in [0.15, 0.2) is 42.5 Å². The van der Waals surface area contributed by atoms with Gasteiger partial charge >= 0.3 is 6.03 Å². The van der Waals surface area contributed by atoms with Gasteiger partial charge in [0.05, 0.1) is 25.3 Å². The Morgan fingerprint density at radius 1 is 0.964 bits per heavy atom. The van der Waals surface area contributed by atoms with Gasteiger partial charge in [-0.05, 0) is 48.6 Å². The van der Waals surface area contributed by atoms with Gasteiger partial charge in [-0.3, -0.25) is 0 Å². The quantitative estimate of drug-likeness (QED) is 0.772. The maximum absolute atomic E-state index is 12.7. The number of carbonyl (C=O) groups excluding carboxylic acids is 1. The molecule has 0 aliphatic carbocycles. The van der Waals surface area contributed by atoms with Gasteiger partial charge in [0.1, 0.15) is 0 Å². The number of carbonyl (C=O) groups is 1. The first-order chi connectivity index (χ1) is 13.5. The minimum atomic E-state index is -0.179. The molecule has 2 N–H and O–H groups in total. The summed E-state index contributed by atoms with van der Waals surface area (Å²) in [5.74, 6) is 1.74. The molecule has 0 spiro atoms.